The maximum atomic E-state index is 12.5. The summed E-state index contributed by atoms with van der Waals surface area (Å²) in [6, 6.07) is 14.2. The van der Waals surface area contributed by atoms with Crippen molar-refractivity contribution in [2.75, 3.05) is 36.5 Å². The second-order valence-corrected chi connectivity index (χ2v) is 7.89. The van der Waals surface area contributed by atoms with Gasteiger partial charge in [-0.15, -0.1) is 0 Å². The molecule has 0 radical (unpaired) electrons. The summed E-state index contributed by atoms with van der Waals surface area (Å²) in [6.45, 7) is 2.92. The standard InChI is InChI=1S/C20H17Cl2N3O3.C2HF3O2/c21-15-4-2-1-3-14(15)17-12-19(28-24-17)20(26)23-13-5-6-18(16(22)11-13)25-7-9-27-10-8-25;3-2(4,5)1(6)7/h1-6,11-12H,7-10H2,(H,23,26);(H,6,7). The average molecular weight is 532 g/mol. The smallest absolute Gasteiger partial charge is 0.475 e. The lowest BCUT2D eigenvalue weighted by Crippen LogP contribution is -2.36. The Balaban J connectivity index is 0.000000429. The molecule has 13 heteroatoms. The molecule has 2 N–H and O–H groups in total. The van der Waals surface area contributed by atoms with Crippen molar-refractivity contribution in [1.29, 1.82) is 0 Å². The van der Waals surface area contributed by atoms with Gasteiger partial charge >= 0.3 is 12.1 Å². The van der Waals surface area contributed by atoms with Gasteiger partial charge in [0.25, 0.3) is 5.91 Å². The number of hydrogen-bond acceptors (Lipinski definition) is 6. The summed E-state index contributed by atoms with van der Waals surface area (Å²) in [7, 11) is 0. The van der Waals surface area contributed by atoms with Gasteiger partial charge < -0.3 is 24.6 Å². The summed E-state index contributed by atoms with van der Waals surface area (Å²) in [5, 5.41) is 14.9. The maximum Gasteiger partial charge on any atom is 0.490 e. The molecule has 0 aliphatic carbocycles. The Morgan fingerprint density at radius 2 is 1.69 bits per heavy atom. The fourth-order valence-corrected chi connectivity index (χ4v) is 3.55. The predicted molar refractivity (Wildman–Crippen MR) is 123 cm³/mol. The summed E-state index contributed by atoms with van der Waals surface area (Å²) in [5.74, 6) is -3.09. The summed E-state index contributed by atoms with van der Waals surface area (Å²) >= 11 is 12.6. The molecule has 1 saturated heterocycles. The molecular weight excluding hydrogens is 514 g/mol. The van der Waals surface area contributed by atoms with Crippen LogP contribution in [0, 0.1) is 0 Å². The van der Waals surface area contributed by atoms with E-state index < -0.39 is 18.1 Å². The van der Waals surface area contributed by atoms with Crippen molar-refractivity contribution in [3.8, 4) is 11.3 Å². The van der Waals surface area contributed by atoms with Gasteiger partial charge in [-0.2, -0.15) is 13.2 Å². The quantitative estimate of drug-likeness (QED) is 0.466. The third kappa shape index (κ3) is 7.10. The molecule has 1 amide bonds. The molecule has 1 fully saturated rings. The van der Waals surface area contributed by atoms with E-state index in [0.717, 1.165) is 18.8 Å². The molecule has 8 nitrogen and oxygen atoms in total. The second kappa shape index (κ2) is 11.4. The fraction of sp³-hybridized carbons (Fsp3) is 0.227. The van der Waals surface area contributed by atoms with E-state index in [9.17, 15) is 18.0 Å². The molecule has 35 heavy (non-hydrogen) atoms. The Bertz CT molecular complexity index is 1200. The zero-order valence-corrected chi connectivity index (χ0v) is 19.3. The van der Waals surface area contributed by atoms with Gasteiger partial charge in [0.1, 0.15) is 5.69 Å². The Kier molecular flexibility index (Phi) is 8.60. The van der Waals surface area contributed by atoms with Crippen molar-refractivity contribution in [3.63, 3.8) is 0 Å². The van der Waals surface area contributed by atoms with Crippen molar-refractivity contribution in [1.82, 2.24) is 5.16 Å². The number of halogens is 5. The third-order valence-corrected chi connectivity index (χ3v) is 5.32. The summed E-state index contributed by atoms with van der Waals surface area (Å²) in [5.41, 5.74) is 2.69. The first kappa shape index (κ1) is 26.3. The van der Waals surface area contributed by atoms with Crippen molar-refractivity contribution in [3.05, 3.63) is 64.3 Å². The van der Waals surface area contributed by atoms with Gasteiger partial charge in [-0.3, -0.25) is 4.79 Å². The molecule has 2 heterocycles. The van der Waals surface area contributed by atoms with Crippen LogP contribution in [-0.4, -0.2) is 54.6 Å². The van der Waals surface area contributed by atoms with Crippen LogP contribution in [0.15, 0.2) is 53.1 Å². The lowest BCUT2D eigenvalue weighted by atomic mass is 10.1. The minimum Gasteiger partial charge on any atom is -0.475 e. The zero-order valence-electron chi connectivity index (χ0n) is 17.8. The van der Waals surface area contributed by atoms with E-state index in [-0.39, 0.29) is 5.76 Å². The number of ether oxygens (including phenoxy) is 1. The highest BCUT2D eigenvalue weighted by Crippen LogP contribution is 2.30. The highest BCUT2D eigenvalue weighted by molar-refractivity contribution is 6.34. The first-order valence-corrected chi connectivity index (χ1v) is 10.8. The minimum atomic E-state index is -5.08. The first-order chi connectivity index (χ1) is 16.6. The average Bonchev–Trinajstić information content (AvgIpc) is 3.30. The zero-order chi connectivity index (χ0) is 25.6. The molecule has 4 rings (SSSR count). The summed E-state index contributed by atoms with van der Waals surface area (Å²) in [6.07, 6.45) is -5.08. The molecule has 0 unspecified atom stereocenters. The maximum absolute atomic E-state index is 12.5. The van der Waals surface area contributed by atoms with Crippen LogP contribution in [0.3, 0.4) is 0 Å². The molecule has 0 saturated carbocycles. The number of amides is 1. The van der Waals surface area contributed by atoms with Crippen molar-refractivity contribution < 1.29 is 37.1 Å². The molecule has 186 valence electrons. The van der Waals surface area contributed by atoms with E-state index >= 15 is 0 Å². The van der Waals surface area contributed by atoms with Gasteiger partial charge in [-0.1, -0.05) is 46.6 Å². The van der Waals surface area contributed by atoms with Crippen LogP contribution in [0.2, 0.25) is 10.0 Å². The third-order valence-electron chi connectivity index (χ3n) is 4.68. The largest absolute Gasteiger partial charge is 0.490 e. The molecule has 1 aromatic heterocycles. The normalized spacial score (nSPS) is 13.6. The highest BCUT2D eigenvalue weighted by Gasteiger charge is 2.38. The summed E-state index contributed by atoms with van der Waals surface area (Å²) < 4.78 is 42.3. The molecule has 0 atom stereocenters. The number of carbonyl (C=O) groups is 2. The predicted octanol–water partition coefficient (Wildman–Crippen LogP) is 5.37. The number of carboxylic acids is 1. The molecule has 0 bridgehead atoms. The van der Waals surface area contributed by atoms with Crippen molar-refractivity contribution in [2.45, 2.75) is 6.18 Å². The highest BCUT2D eigenvalue weighted by atomic mass is 35.5. The van der Waals surface area contributed by atoms with Gasteiger partial charge in [0.15, 0.2) is 0 Å². The van der Waals surface area contributed by atoms with Crippen LogP contribution in [0.5, 0.6) is 0 Å². The number of aliphatic carboxylic acids is 1. The van der Waals surface area contributed by atoms with E-state index in [2.05, 4.69) is 15.4 Å². The number of carboxylic acid groups (broad SMARTS) is 1. The topological polar surface area (TPSA) is 105 Å². The van der Waals surface area contributed by atoms with Crippen LogP contribution in [0.25, 0.3) is 11.3 Å². The number of hydrogen-bond donors (Lipinski definition) is 2. The van der Waals surface area contributed by atoms with Crippen LogP contribution in [-0.2, 0) is 9.53 Å². The number of carbonyl (C=O) groups excluding carboxylic acids is 1. The van der Waals surface area contributed by atoms with E-state index in [1.54, 1.807) is 24.3 Å². The van der Waals surface area contributed by atoms with Crippen LogP contribution < -0.4 is 10.2 Å². The van der Waals surface area contributed by atoms with Crippen molar-refractivity contribution in [2.24, 2.45) is 0 Å². The summed E-state index contributed by atoms with van der Waals surface area (Å²) in [4.78, 5) is 23.5. The van der Waals surface area contributed by atoms with E-state index in [1.807, 2.05) is 24.3 Å². The fourth-order valence-electron chi connectivity index (χ4n) is 3.02. The second-order valence-electron chi connectivity index (χ2n) is 7.08. The Hall–Kier alpha value is -3.28. The Morgan fingerprint density at radius 1 is 1.03 bits per heavy atom. The van der Waals surface area contributed by atoms with E-state index in [4.69, 9.17) is 42.4 Å². The number of alkyl halides is 3. The minimum absolute atomic E-state index is 0.0864. The molecular formula is C22H18Cl2F3N3O5. The molecule has 1 aliphatic rings. The van der Waals surface area contributed by atoms with Crippen molar-refractivity contribution >= 4 is 46.5 Å². The number of anilines is 2. The number of nitrogens with zero attached hydrogens (tertiary/aromatic N) is 2. The van der Waals surface area contributed by atoms with E-state index in [0.29, 0.717) is 40.2 Å². The monoisotopic (exact) mass is 531 g/mol. The first-order valence-electron chi connectivity index (χ1n) is 10.0. The van der Waals surface area contributed by atoms with Gasteiger partial charge in [0.2, 0.25) is 5.76 Å². The SMILES string of the molecule is O=C(Nc1ccc(N2CCOCC2)c(Cl)c1)c1cc(-c2ccccc2Cl)no1.O=C(O)C(F)(F)F. The number of benzene rings is 2. The molecule has 1 aliphatic heterocycles. The van der Waals surface area contributed by atoms with Gasteiger partial charge in [0, 0.05) is 30.4 Å². The Labute approximate surface area is 207 Å². The number of nitrogens with one attached hydrogen (secondary N) is 1. The molecule has 3 aromatic rings. The number of rotatable bonds is 4. The van der Waals surface area contributed by atoms with Gasteiger partial charge in [-0.25, -0.2) is 4.79 Å². The number of aromatic nitrogens is 1. The van der Waals surface area contributed by atoms with E-state index in [1.165, 1.54) is 0 Å². The molecule has 2 aromatic carbocycles. The molecule has 0 spiro atoms. The van der Waals surface area contributed by atoms with Crippen LogP contribution >= 0.6 is 23.2 Å². The lowest BCUT2D eigenvalue weighted by Gasteiger charge is -2.29. The number of morpholine rings is 1. The Morgan fingerprint density at radius 3 is 2.29 bits per heavy atom. The van der Waals surface area contributed by atoms with Crippen LogP contribution in [0.1, 0.15) is 10.6 Å². The van der Waals surface area contributed by atoms with Gasteiger partial charge in [0.05, 0.1) is 28.9 Å². The lowest BCUT2D eigenvalue weighted by molar-refractivity contribution is -0.192. The van der Waals surface area contributed by atoms with Gasteiger partial charge in [-0.05, 0) is 24.3 Å². The van der Waals surface area contributed by atoms with Crippen LogP contribution in [0.4, 0.5) is 24.5 Å².